The Balaban J connectivity index is 2.51. The van der Waals surface area contributed by atoms with Crippen molar-refractivity contribution >= 4 is 11.4 Å². The highest BCUT2D eigenvalue weighted by atomic mass is 16.5. The Hall–Kier alpha value is -1.64. The van der Waals surface area contributed by atoms with Gasteiger partial charge in [-0.2, -0.15) is 0 Å². The molecule has 0 N–H and O–H groups in total. The van der Waals surface area contributed by atoms with E-state index in [1.54, 1.807) is 7.11 Å². The third-order valence-electron chi connectivity index (χ3n) is 2.71. The van der Waals surface area contributed by atoms with Crippen molar-refractivity contribution < 1.29 is 9.47 Å². The summed E-state index contributed by atoms with van der Waals surface area (Å²) in [4.78, 5) is 2.16. The highest BCUT2D eigenvalue weighted by Gasteiger charge is 2.29. The molecule has 80 valence electrons. The Morgan fingerprint density at radius 2 is 2.20 bits per heavy atom. The van der Waals surface area contributed by atoms with Gasteiger partial charge in [-0.3, -0.25) is 0 Å². The molecule has 0 saturated heterocycles. The summed E-state index contributed by atoms with van der Waals surface area (Å²) in [6, 6.07) is 3.96. The van der Waals surface area contributed by atoms with Crippen LogP contribution in [0.25, 0.3) is 5.76 Å². The molecule has 0 saturated carbocycles. The van der Waals surface area contributed by atoms with Crippen molar-refractivity contribution in [3.05, 3.63) is 24.3 Å². The normalized spacial score (nSPS) is 12.6. The topological polar surface area (TPSA) is 21.7 Å². The first-order valence-corrected chi connectivity index (χ1v) is 4.98. The monoisotopic (exact) mass is 205 g/mol. The number of fused-ring (bicyclic) bond motifs is 1. The standard InChI is InChI=1S/C12H15NO2/c1-5-13(3)9-6-7-10(14-4)12-11(9)8(2)15-12/h6-7H,2,5H2,1,3-4H3. The van der Waals surface area contributed by atoms with Crippen molar-refractivity contribution in [3.8, 4) is 11.5 Å². The smallest absolute Gasteiger partial charge is 0.182 e. The first kappa shape index (κ1) is 9.90. The van der Waals surface area contributed by atoms with Crippen LogP contribution < -0.4 is 14.4 Å². The second kappa shape index (κ2) is 3.50. The number of methoxy groups -OCH3 is 1. The van der Waals surface area contributed by atoms with Gasteiger partial charge in [0.15, 0.2) is 11.5 Å². The molecule has 1 aromatic rings. The molecule has 1 aliphatic rings. The van der Waals surface area contributed by atoms with Gasteiger partial charge in [0.1, 0.15) is 5.76 Å². The Kier molecular flexibility index (Phi) is 2.31. The van der Waals surface area contributed by atoms with Gasteiger partial charge in [-0.05, 0) is 19.1 Å². The van der Waals surface area contributed by atoms with E-state index in [9.17, 15) is 0 Å². The van der Waals surface area contributed by atoms with E-state index >= 15 is 0 Å². The molecule has 1 aromatic carbocycles. The molecule has 15 heavy (non-hydrogen) atoms. The molecular formula is C12H15NO2. The van der Waals surface area contributed by atoms with E-state index in [0.717, 1.165) is 35.1 Å². The molecule has 0 radical (unpaired) electrons. The van der Waals surface area contributed by atoms with Crippen LogP contribution >= 0.6 is 0 Å². The first-order valence-electron chi connectivity index (χ1n) is 4.98. The lowest BCUT2D eigenvalue weighted by Crippen LogP contribution is -2.21. The quantitative estimate of drug-likeness (QED) is 0.756. The van der Waals surface area contributed by atoms with Gasteiger partial charge in [-0.1, -0.05) is 6.58 Å². The SMILES string of the molecule is C=C1Oc2c(OC)ccc(N(C)CC)c21. The van der Waals surface area contributed by atoms with Crippen molar-refractivity contribution in [1.29, 1.82) is 0 Å². The zero-order valence-corrected chi connectivity index (χ0v) is 9.33. The molecule has 3 heteroatoms. The Bertz CT molecular complexity index is 412. The van der Waals surface area contributed by atoms with Gasteiger partial charge in [0.05, 0.1) is 18.4 Å². The van der Waals surface area contributed by atoms with Crippen LogP contribution in [-0.2, 0) is 0 Å². The average Bonchev–Trinajstić information content (AvgIpc) is 2.25. The number of benzene rings is 1. The van der Waals surface area contributed by atoms with Gasteiger partial charge >= 0.3 is 0 Å². The van der Waals surface area contributed by atoms with Gasteiger partial charge in [-0.25, -0.2) is 0 Å². The average molecular weight is 205 g/mol. The fourth-order valence-electron chi connectivity index (χ4n) is 1.70. The van der Waals surface area contributed by atoms with Crippen LogP contribution in [-0.4, -0.2) is 20.7 Å². The largest absolute Gasteiger partial charge is 0.493 e. The molecule has 3 nitrogen and oxygen atoms in total. The molecular weight excluding hydrogens is 190 g/mol. The summed E-state index contributed by atoms with van der Waals surface area (Å²) in [5, 5.41) is 0. The molecule has 0 fully saturated rings. The lowest BCUT2D eigenvalue weighted by atomic mass is 10.0. The molecule has 0 atom stereocenters. The van der Waals surface area contributed by atoms with Crippen LogP contribution in [0, 0.1) is 0 Å². The third kappa shape index (κ3) is 1.35. The summed E-state index contributed by atoms with van der Waals surface area (Å²) in [6.45, 7) is 6.91. The van der Waals surface area contributed by atoms with Crippen LogP contribution in [0.4, 0.5) is 5.69 Å². The van der Waals surface area contributed by atoms with Gasteiger partial charge in [-0.15, -0.1) is 0 Å². The Morgan fingerprint density at radius 3 is 2.73 bits per heavy atom. The minimum atomic E-state index is 0.721. The summed E-state index contributed by atoms with van der Waals surface area (Å²) in [5.74, 6) is 2.30. The summed E-state index contributed by atoms with van der Waals surface area (Å²) in [5.41, 5.74) is 2.21. The number of nitrogens with zero attached hydrogens (tertiary/aromatic N) is 1. The second-order valence-electron chi connectivity index (χ2n) is 3.53. The maximum absolute atomic E-state index is 5.40. The fraction of sp³-hybridized carbons (Fsp3) is 0.333. The number of hydrogen-bond acceptors (Lipinski definition) is 3. The van der Waals surface area contributed by atoms with Gasteiger partial charge in [0.2, 0.25) is 0 Å². The first-order chi connectivity index (χ1) is 7.19. The minimum absolute atomic E-state index is 0.721. The highest BCUT2D eigenvalue weighted by Crippen LogP contribution is 2.49. The molecule has 1 heterocycles. The molecule has 2 rings (SSSR count). The second-order valence-corrected chi connectivity index (χ2v) is 3.53. The van der Waals surface area contributed by atoms with E-state index in [0.29, 0.717) is 0 Å². The number of hydrogen-bond donors (Lipinski definition) is 0. The molecule has 0 aliphatic carbocycles. The summed E-state index contributed by atoms with van der Waals surface area (Å²) in [7, 11) is 3.69. The molecule has 0 unspecified atom stereocenters. The van der Waals surface area contributed by atoms with Gasteiger partial charge in [0.25, 0.3) is 0 Å². The van der Waals surface area contributed by atoms with Gasteiger partial charge < -0.3 is 14.4 Å². The maximum Gasteiger partial charge on any atom is 0.182 e. The predicted octanol–water partition coefficient (Wildman–Crippen LogP) is 2.51. The number of ether oxygens (including phenoxy) is 2. The zero-order valence-electron chi connectivity index (χ0n) is 9.33. The summed E-state index contributed by atoms with van der Waals surface area (Å²) in [6.07, 6.45) is 0. The minimum Gasteiger partial charge on any atom is -0.493 e. The lowest BCUT2D eigenvalue weighted by Gasteiger charge is -2.30. The van der Waals surface area contributed by atoms with Crippen molar-refractivity contribution in [3.63, 3.8) is 0 Å². The highest BCUT2D eigenvalue weighted by molar-refractivity contribution is 5.87. The van der Waals surface area contributed by atoms with E-state index in [1.165, 1.54) is 0 Å². The van der Waals surface area contributed by atoms with E-state index in [4.69, 9.17) is 9.47 Å². The predicted molar refractivity (Wildman–Crippen MR) is 61.6 cm³/mol. The van der Waals surface area contributed by atoms with E-state index in [2.05, 4.69) is 18.4 Å². The van der Waals surface area contributed by atoms with Crippen molar-refractivity contribution in [2.24, 2.45) is 0 Å². The third-order valence-corrected chi connectivity index (χ3v) is 2.71. The van der Waals surface area contributed by atoms with Crippen LogP contribution in [0.5, 0.6) is 11.5 Å². The van der Waals surface area contributed by atoms with Crippen LogP contribution in [0.1, 0.15) is 12.5 Å². The van der Waals surface area contributed by atoms with Crippen molar-refractivity contribution in [1.82, 2.24) is 0 Å². The molecule has 0 bridgehead atoms. The van der Waals surface area contributed by atoms with Crippen molar-refractivity contribution in [2.45, 2.75) is 6.92 Å². The fourth-order valence-corrected chi connectivity index (χ4v) is 1.70. The zero-order chi connectivity index (χ0) is 11.0. The van der Waals surface area contributed by atoms with Crippen molar-refractivity contribution in [2.75, 3.05) is 25.6 Å². The summed E-state index contributed by atoms with van der Waals surface area (Å²) >= 11 is 0. The van der Waals surface area contributed by atoms with Crippen LogP contribution in [0.2, 0.25) is 0 Å². The lowest BCUT2D eigenvalue weighted by molar-refractivity contribution is 0.370. The van der Waals surface area contributed by atoms with E-state index in [-0.39, 0.29) is 0 Å². The molecule has 1 aliphatic heterocycles. The molecule has 0 aromatic heterocycles. The molecule has 0 amide bonds. The van der Waals surface area contributed by atoms with E-state index < -0.39 is 0 Å². The summed E-state index contributed by atoms with van der Waals surface area (Å²) < 4.78 is 10.6. The number of anilines is 1. The molecule has 0 spiro atoms. The van der Waals surface area contributed by atoms with Crippen LogP contribution in [0.3, 0.4) is 0 Å². The maximum atomic E-state index is 5.40. The Labute approximate surface area is 89.9 Å². The Morgan fingerprint density at radius 1 is 1.47 bits per heavy atom. The van der Waals surface area contributed by atoms with E-state index in [1.807, 2.05) is 19.2 Å². The number of rotatable bonds is 3. The van der Waals surface area contributed by atoms with Gasteiger partial charge in [0, 0.05) is 13.6 Å². The van der Waals surface area contributed by atoms with Crippen LogP contribution in [0.15, 0.2) is 18.7 Å².